The summed E-state index contributed by atoms with van der Waals surface area (Å²) in [5, 5.41) is 5.87. The van der Waals surface area contributed by atoms with E-state index in [1.54, 1.807) is 0 Å². The fourth-order valence-corrected chi connectivity index (χ4v) is 3.39. The molecule has 0 radical (unpaired) electrons. The molecule has 3 rings (SSSR count). The fourth-order valence-electron chi connectivity index (χ4n) is 3.39. The quantitative estimate of drug-likeness (QED) is 0.929. The SMILES string of the molecule is CCC1OCCC1C(N)Cc1nn(C)c2ccccc12. The lowest BCUT2D eigenvalue weighted by atomic mass is 9.89. The lowest BCUT2D eigenvalue weighted by Gasteiger charge is -2.23. The molecule has 4 nitrogen and oxygen atoms in total. The number of aryl methyl sites for hydroxylation is 1. The van der Waals surface area contributed by atoms with Crippen molar-refractivity contribution in [2.45, 2.75) is 38.3 Å². The summed E-state index contributed by atoms with van der Waals surface area (Å²) < 4.78 is 7.70. The number of nitrogens with zero attached hydrogens (tertiary/aromatic N) is 2. The first-order chi connectivity index (χ1) is 9.70. The monoisotopic (exact) mass is 273 g/mol. The number of nitrogens with two attached hydrogens (primary N) is 1. The molecule has 2 N–H and O–H groups in total. The smallest absolute Gasteiger partial charge is 0.0718 e. The van der Waals surface area contributed by atoms with Crippen LogP contribution in [-0.2, 0) is 18.2 Å². The minimum absolute atomic E-state index is 0.126. The largest absolute Gasteiger partial charge is 0.378 e. The van der Waals surface area contributed by atoms with Gasteiger partial charge in [-0.2, -0.15) is 5.10 Å². The van der Waals surface area contributed by atoms with Crippen LogP contribution in [0.25, 0.3) is 10.9 Å². The van der Waals surface area contributed by atoms with E-state index in [0.29, 0.717) is 12.0 Å². The minimum atomic E-state index is 0.126. The van der Waals surface area contributed by atoms with Crippen molar-refractivity contribution in [3.05, 3.63) is 30.0 Å². The molecular weight excluding hydrogens is 250 g/mol. The van der Waals surface area contributed by atoms with Gasteiger partial charge < -0.3 is 10.5 Å². The molecule has 0 saturated carbocycles. The zero-order chi connectivity index (χ0) is 14.1. The zero-order valence-corrected chi connectivity index (χ0v) is 12.2. The highest BCUT2D eigenvalue weighted by Crippen LogP contribution is 2.28. The lowest BCUT2D eigenvalue weighted by molar-refractivity contribution is 0.0813. The molecule has 2 aromatic rings. The second-order valence-electron chi connectivity index (χ2n) is 5.73. The van der Waals surface area contributed by atoms with Gasteiger partial charge in [-0.05, 0) is 18.9 Å². The molecule has 2 heterocycles. The van der Waals surface area contributed by atoms with E-state index < -0.39 is 0 Å². The van der Waals surface area contributed by atoms with Crippen LogP contribution in [0.4, 0.5) is 0 Å². The number of ether oxygens (including phenoxy) is 1. The van der Waals surface area contributed by atoms with E-state index in [4.69, 9.17) is 10.5 Å². The molecule has 1 aromatic heterocycles. The number of hydrogen-bond donors (Lipinski definition) is 1. The van der Waals surface area contributed by atoms with Crippen LogP contribution in [0.5, 0.6) is 0 Å². The number of rotatable bonds is 4. The van der Waals surface area contributed by atoms with Gasteiger partial charge in [0.25, 0.3) is 0 Å². The second-order valence-corrected chi connectivity index (χ2v) is 5.73. The molecule has 3 unspecified atom stereocenters. The first-order valence-corrected chi connectivity index (χ1v) is 7.48. The molecule has 3 atom stereocenters. The molecule has 20 heavy (non-hydrogen) atoms. The highest BCUT2D eigenvalue weighted by molar-refractivity contribution is 5.81. The normalized spacial score (nSPS) is 24.4. The Morgan fingerprint density at radius 2 is 2.25 bits per heavy atom. The van der Waals surface area contributed by atoms with E-state index in [0.717, 1.165) is 31.6 Å². The molecule has 1 aliphatic heterocycles. The van der Waals surface area contributed by atoms with Gasteiger partial charge in [0.15, 0.2) is 0 Å². The first-order valence-electron chi connectivity index (χ1n) is 7.48. The van der Waals surface area contributed by atoms with Crippen molar-refractivity contribution in [2.24, 2.45) is 18.7 Å². The third kappa shape index (κ3) is 2.34. The van der Waals surface area contributed by atoms with Crippen LogP contribution in [0.3, 0.4) is 0 Å². The number of benzene rings is 1. The van der Waals surface area contributed by atoms with Crippen molar-refractivity contribution in [3.63, 3.8) is 0 Å². The predicted molar refractivity (Wildman–Crippen MR) is 80.5 cm³/mol. The van der Waals surface area contributed by atoms with E-state index in [9.17, 15) is 0 Å². The molecule has 108 valence electrons. The van der Waals surface area contributed by atoms with E-state index in [1.165, 1.54) is 10.9 Å². The Morgan fingerprint density at radius 3 is 3.05 bits per heavy atom. The number of hydrogen-bond acceptors (Lipinski definition) is 3. The molecule has 0 bridgehead atoms. The summed E-state index contributed by atoms with van der Waals surface area (Å²) in [7, 11) is 1.99. The Hall–Kier alpha value is -1.39. The molecular formula is C16H23N3O. The lowest BCUT2D eigenvalue weighted by Crippen LogP contribution is -2.37. The van der Waals surface area contributed by atoms with Crippen molar-refractivity contribution in [1.29, 1.82) is 0 Å². The van der Waals surface area contributed by atoms with E-state index in [-0.39, 0.29) is 6.04 Å². The fraction of sp³-hybridized carbons (Fsp3) is 0.562. The standard InChI is InChI=1S/C16H23N3O/c1-3-16-11(8-9-20-16)13(17)10-14-12-6-4-5-7-15(12)19(2)18-14/h4-7,11,13,16H,3,8-10,17H2,1-2H3. The average molecular weight is 273 g/mol. The highest BCUT2D eigenvalue weighted by Gasteiger charge is 2.32. The summed E-state index contributed by atoms with van der Waals surface area (Å²) in [5.41, 5.74) is 8.73. The van der Waals surface area contributed by atoms with Crippen LogP contribution in [0.15, 0.2) is 24.3 Å². The molecule has 0 aliphatic carbocycles. The van der Waals surface area contributed by atoms with Crippen molar-refractivity contribution in [1.82, 2.24) is 9.78 Å². The summed E-state index contributed by atoms with van der Waals surface area (Å²) in [6.07, 6.45) is 3.26. The molecule has 1 fully saturated rings. The first kappa shape index (κ1) is 13.6. The maximum Gasteiger partial charge on any atom is 0.0718 e. The molecule has 1 saturated heterocycles. The van der Waals surface area contributed by atoms with Crippen LogP contribution in [0.2, 0.25) is 0 Å². The summed E-state index contributed by atoms with van der Waals surface area (Å²) in [5.74, 6) is 0.459. The topological polar surface area (TPSA) is 53.1 Å². The molecule has 1 aliphatic rings. The van der Waals surface area contributed by atoms with Gasteiger partial charge in [-0.3, -0.25) is 4.68 Å². The Kier molecular flexibility index (Phi) is 3.76. The van der Waals surface area contributed by atoms with Crippen LogP contribution < -0.4 is 5.73 Å². The third-order valence-electron chi connectivity index (χ3n) is 4.48. The maximum absolute atomic E-state index is 6.45. The number of fused-ring (bicyclic) bond motifs is 1. The average Bonchev–Trinajstić information content (AvgIpc) is 3.05. The highest BCUT2D eigenvalue weighted by atomic mass is 16.5. The van der Waals surface area contributed by atoms with Crippen molar-refractivity contribution < 1.29 is 4.74 Å². The Bertz CT molecular complexity index is 592. The molecule has 0 amide bonds. The number of aromatic nitrogens is 2. The predicted octanol–water partition coefficient (Wildman–Crippen LogP) is 2.26. The maximum atomic E-state index is 6.45. The summed E-state index contributed by atoms with van der Waals surface area (Å²) in [6, 6.07) is 8.47. The summed E-state index contributed by atoms with van der Waals surface area (Å²) >= 11 is 0. The molecule has 0 spiro atoms. The van der Waals surface area contributed by atoms with Crippen LogP contribution in [-0.4, -0.2) is 28.5 Å². The van der Waals surface area contributed by atoms with Gasteiger partial charge in [-0.25, -0.2) is 0 Å². The van der Waals surface area contributed by atoms with E-state index in [2.05, 4.69) is 30.2 Å². The van der Waals surface area contributed by atoms with Crippen LogP contribution in [0, 0.1) is 5.92 Å². The van der Waals surface area contributed by atoms with Gasteiger partial charge in [0.1, 0.15) is 0 Å². The van der Waals surface area contributed by atoms with E-state index >= 15 is 0 Å². The van der Waals surface area contributed by atoms with Crippen molar-refractivity contribution in [2.75, 3.05) is 6.61 Å². The molecule has 1 aromatic carbocycles. The van der Waals surface area contributed by atoms with Gasteiger partial charge >= 0.3 is 0 Å². The van der Waals surface area contributed by atoms with Crippen molar-refractivity contribution >= 4 is 10.9 Å². The van der Waals surface area contributed by atoms with Crippen LogP contribution in [0.1, 0.15) is 25.5 Å². The second kappa shape index (κ2) is 5.54. The number of para-hydroxylation sites is 1. The Morgan fingerprint density at radius 1 is 1.45 bits per heavy atom. The van der Waals surface area contributed by atoms with E-state index in [1.807, 2.05) is 17.8 Å². The van der Waals surface area contributed by atoms with Crippen LogP contribution >= 0.6 is 0 Å². The summed E-state index contributed by atoms with van der Waals surface area (Å²) in [6.45, 7) is 3.02. The van der Waals surface area contributed by atoms with Gasteiger partial charge in [-0.15, -0.1) is 0 Å². The van der Waals surface area contributed by atoms with Gasteiger partial charge in [0, 0.05) is 37.4 Å². The Labute approximate surface area is 119 Å². The molecule has 4 heteroatoms. The van der Waals surface area contributed by atoms with Crippen molar-refractivity contribution in [3.8, 4) is 0 Å². The minimum Gasteiger partial charge on any atom is -0.378 e. The zero-order valence-electron chi connectivity index (χ0n) is 12.2. The van der Waals surface area contributed by atoms with Gasteiger partial charge in [0.05, 0.1) is 17.3 Å². The third-order valence-corrected chi connectivity index (χ3v) is 4.48. The summed E-state index contributed by atoms with van der Waals surface area (Å²) in [4.78, 5) is 0. The Balaban J connectivity index is 1.82. The van der Waals surface area contributed by atoms with Gasteiger partial charge in [0.2, 0.25) is 0 Å². The van der Waals surface area contributed by atoms with Gasteiger partial charge in [-0.1, -0.05) is 25.1 Å².